The number of halogens is 2. The summed E-state index contributed by atoms with van der Waals surface area (Å²) in [6.45, 7) is 12.9. The minimum absolute atomic E-state index is 0. The first-order chi connectivity index (χ1) is 35.8. The summed E-state index contributed by atoms with van der Waals surface area (Å²) < 4.78 is 11.0. The van der Waals surface area contributed by atoms with E-state index < -0.39 is 35.1 Å². The second kappa shape index (κ2) is 35.1. The smallest absolute Gasteiger partial charge is 0.310 e. The molecule has 6 aromatic rings. The Morgan fingerprint density at radius 3 is 1.17 bits per heavy atom. The third-order valence-corrected chi connectivity index (χ3v) is 14.3. The van der Waals surface area contributed by atoms with E-state index in [-0.39, 0.29) is 71.1 Å². The Hall–Kier alpha value is -6.38. The van der Waals surface area contributed by atoms with Crippen molar-refractivity contribution >= 4 is 69.8 Å². The van der Waals surface area contributed by atoms with Gasteiger partial charge in [0.1, 0.15) is 13.2 Å². The number of nitrogens with one attached hydrogen (secondary N) is 1. The van der Waals surface area contributed by atoms with Crippen molar-refractivity contribution in [3.8, 4) is 0 Å². The maximum absolute atomic E-state index is 13.6. The number of esters is 2. The van der Waals surface area contributed by atoms with Gasteiger partial charge in [-0.1, -0.05) is 219 Å². The number of hydrogen-bond donors (Lipinski definition) is 2. The molecule has 0 saturated heterocycles. The summed E-state index contributed by atoms with van der Waals surface area (Å²) in [4.78, 5) is 75.5. The Bertz CT molecular complexity index is 2660. The van der Waals surface area contributed by atoms with Gasteiger partial charge in [-0.15, -0.1) is 0 Å². The quantitative estimate of drug-likeness (QED) is 0.0464. The van der Waals surface area contributed by atoms with Crippen molar-refractivity contribution in [1.82, 2.24) is 5.32 Å². The van der Waals surface area contributed by atoms with Gasteiger partial charge in [-0.25, -0.2) is 0 Å². The van der Waals surface area contributed by atoms with Crippen molar-refractivity contribution in [1.29, 1.82) is 0 Å². The molecule has 0 aliphatic rings. The number of Topliss-reactive ketones (excluding diaryl/α,β-unsaturated/α-hetero) is 2. The molecule has 0 heterocycles. The number of carbonyl (C=O) groups excluding carboxylic acids is 6. The summed E-state index contributed by atoms with van der Waals surface area (Å²) in [5, 5.41) is 2.50. The number of nitrogens with two attached hydrogens (primary N) is 1. The average Bonchev–Trinajstić information content (AvgIpc) is 3.40. The lowest BCUT2D eigenvalue weighted by molar-refractivity contribution is -0.151. The molecule has 0 spiro atoms. The zero-order valence-corrected chi connectivity index (χ0v) is 46.6. The van der Waals surface area contributed by atoms with Crippen LogP contribution in [0.5, 0.6) is 0 Å². The number of ketones is 2. The number of carbonyl (C=O) groups is 6. The highest BCUT2D eigenvalue weighted by molar-refractivity contribution is 8.00. The second-order valence-corrected chi connectivity index (χ2v) is 23.8. The minimum Gasteiger partial charge on any atom is -0.461 e. The fraction of sp³-hybridized carbons (Fsp3) is 0.333. The zero-order chi connectivity index (χ0) is 54.6. The fourth-order valence-corrected chi connectivity index (χ4v) is 9.11. The molecule has 0 unspecified atom stereocenters. The lowest BCUT2D eigenvalue weighted by atomic mass is 9.95. The van der Waals surface area contributed by atoms with Gasteiger partial charge < -0.3 is 20.5 Å². The minimum atomic E-state index is -0.765. The normalized spacial score (nSPS) is 12.3. The number of benzene rings is 6. The maximum atomic E-state index is 13.6. The molecule has 0 fully saturated rings. The lowest BCUT2D eigenvalue weighted by Gasteiger charge is -2.24. The molecule has 14 heteroatoms. The first-order valence-electron chi connectivity index (χ1n) is 24.9. The number of amides is 1. The molecular weight excluding hydrogens is 1030 g/mol. The number of ether oxygens (including phenoxy) is 2. The molecule has 0 saturated carbocycles. The van der Waals surface area contributed by atoms with Crippen molar-refractivity contribution in [2.45, 2.75) is 109 Å². The molecule has 0 aliphatic heterocycles. The van der Waals surface area contributed by atoms with Crippen molar-refractivity contribution < 1.29 is 42.9 Å². The number of rotatable bonds is 23. The molecule has 4 atom stereocenters. The average molecular weight is 1110 g/mol. The van der Waals surface area contributed by atoms with Crippen LogP contribution in [0.25, 0.3) is 0 Å². The molecule has 3 N–H and O–H groups in total. The molecule has 0 aliphatic carbocycles. The van der Waals surface area contributed by atoms with Crippen LogP contribution in [0.1, 0.15) is 105 Å². The Morgan fingerprint density at radius 1 is 0.494 bits per heavy atom. The van der Waals surface area contributed by atoms with Crippen LogP contribution in [0.2, 0.25) is 0 Å². The Balaban J connectivity index is 0.000000450. The molecule has 6 aromatic carbocycles. The van der Waals surface area contributed by atoms with Gasteiger partial charge in [0.05, 0.1) is 23.9 Å². The molecular formula is C63H76ClFN2O8S2. The monoisotopic (exact) mass is 1110 g/mol. The predicted octanol–water partition coefficient (Wildman–Crippen LogP) is 13.1. The Morgan fingerprint density at radius 2 is 0.818 bits per heavy atom. The molecule has 77 heavy (non-hydrogen) atoms. The van der Waals surface area contributed by atoms with E-state index in [1.807, 2.05) is 133 Å². The first kappa shape index (κ1) is 66.7. The molecule has 0 bridgehead atoms. The van der Waals surface area contributed by atoms with Crippen molar-refractivity contribution in [3.63, 3.8) is 0 Å². The molecule has 0 radical (unpaired) electrons. The van der Waals surface area contributed by atoms with Gasteiger partial charge in [-0.2, -0.15) is 23.5 Å². The van der Waals surface area contributed by atoms with Crippen molar-refractivity contribution in [2.24, 2.45) is 17.6 Å². The van der Waals surface area contributed by atoms with Crippen molar-refractivity contribution in [2.75, 3.05) is 11.5 Å². The van der Waals surface area contributed by atoms with Gasteiger partial charge >= 0.3 is 11.9 Å². The molecule has 6 rings (SSSR count). The van der Waals surface area contributed by atoms with E-state index in [0.717, 1.165) is 22.3 Å². The van der Waals surface area contributed by atoms with Gasteiger partial charge in [-0.3, -0.25) is 33.5 Å². The predicted molar refractivity (Wildman–Crippen MR) is 315 cm³/mol. The van der Waals surface area contributed by atoms with Crippen LogP contribution < -0.4 is 11.1 Å². The summed E-state index contributed by atoms with van der Waals surface area (Å²) in [6, 6.07) is 54.5. The van der Waals surface area contributed by atoms with E-state index in [4.69, 9.17) is 26.8 Å². The highest BCUT2D eigenvalue weighted by Crippen LogP contribution is 2.29. The van der Waals surface area contributed by atoms with E-state index >= 15 is 0 Å². The first-order valence-corrected chi connectivity index (χ1v) is 27.3. The van der Waals surface area contributed by atoms with Crippen LogP contribution in [0.4, 0.5) is 4.70 Å². The molecule has 412 valence electrons. The van der Waals surface area contributed by atoms with Crippen LogP contribution in [0, 0.1) is 11.8 Å². The standard InChI is InChI=1S/C31H35NO4S.C24H31NO3S.C7H5ClO.CH4.FH/c1-31(2,3)37-22-26(30(35)36-21-24-15-9-5-10-16-24)20-28(33)27(19-23-13-7-4-8-14-23)32-29(34)25-17-11-6-12-18-25;1-24(2,3)29-17-20(23(27)28-16-19-12-8-5-9-13-19)15-22(26)21(25)14-18-10-6-4-7-11-18;8-7(9)6-4-2-1-3-5-6;;/h4-18,26-27H,19-22H2,1-3H3,(H,32,34);4-13,20-21H,14-17,25H2,1-3H3;1-5H;1H4;1H/t26-,27-;20-,21-;;;/m00.../s1. The van der Waals surface area contributed by atoms with Crippen LogP contribution in [-0.2, 0) is 54.7 Å². The summed E-state index contributed by atoms with van der Waals surface area (Å²) in [5.74, 6) is -1.50. The van der Waals surface area contributed by atoms with Gasteiger partial charge in [-0.05, 0) is 58.8 Å². The number of hydrogen-bond acceptors (Lipinski definition) is 11. The van der Waals surface area contributed by atoms with Gasteiger partial charge in [0.25, 0.3) is 11.1 Å². The molecule has 0 aromatic heterocycles. The number of thioether (sulfide) groups is 2. The van der Waals surface area contributed by atoms with E-state index in [2.05, 4.69) is 46.9 Å². The molecule has 1 amide bonds. The zero-order valence-electron chi connectivity index (χ0n) is 44.2. The van der Waals surface area contributed by atoms with E-state index in [1.54, 1.807) is 72.1 Å². The SMILES string of the molecule is C.CC(C)(C)SC[C@H](CC(=O)[C@@H](N)Cc1ccccc1)C(=O)OCc1ccccc1.CC(C)(C)SC[C@H](CC(=O)[C@H](Cc1ccccc1)NC(=O)c1ccccc1)C(=O)OCc1ccccc1.F.O=C(Cl)c1ccccc1. The third kappa shape index (κ3) is 27.5. The molecule has 10 nitrogen and oxygen atoms in total. The van der Waals surface area contributed by atoms with Gasteiger partial charge in [0, 0.05) is 45.0 Å². The van der Waals surface area contributed by atoms with Gasteiger partial charge in [0.15, 0.2) is 11.6 Å². The van der Waals surface area contributed by atoms with E-state index in [0.29, 0.717) is 35.5 Å². The van der Waals surface area contributed by atoms with Crippen LogP contribution in [0.15, 0.2) is 182 Å². The summed E-state index contributed by atoms with van der Waals surface area (Å²) >= 11 is 8.44. The van der Waals surface area contributed by atoms with Crippen LogP contribution >= 0.6 is 35.1 Å². The van der Waals surface area contributed by atoms with E-state index in [9.17, 15) is 28.8 Å². The second-order valence-electron chi connectivity index (χ2n) is 19.8. The summed E-state index contributed by atoms with van der Waals surface area (Å²) in [7, 11) is 0. The maximum Gasteiger partial charge on any atom is 0.310 e. The largest absolute Gasteiger partial charge is 0.461 e. The van der Waals surface area contributed by atoms with Crippen LogP contribution in [0.3, 0.4) is 0 Å². The van der Waals surface area contributed by atoms with E-state index in [1.165, 1.54) is 0 Å². The highest BCUT2D eigenvalue weighted by Gasteiger charge is 2.31. The summed E-state index contributed by atoms with van der Waals surface area (Å²) in [6.07, 6.45) is 0.905. The Labute approximate surface area is 469 Å². The van der Waals surface area contributed by atoms with Gasteiger partial charge in [0.2, 0.25) is 0 Å². The Kier molecular flexibility index (Phi) is 30.4. The summed E-state index contributed by atoms with van der Waals surface area (Å²) in [5.41, 5.74) is 10.9. The van der Waals surface area contributed by atoms with Crippen LogP contribution in [-0.4, -0.2) is 67.7 Å². The lowest BCUT2D eigenvalue weighted by Crippen LogP contribution is -2.43. The fourth-order valence-electron chi connectivity index (χ4n) is 7.07. The van der Waals surface area contributed by atoms with Crippen molar-refractivity contribution in [3.05, 3.63) is 215 Å². The third-order valence-electron chi connectivity index (χ3n) is 11.2. The highest BCUT2D eigenvalue weighted by atomic mass is 35.5. The topological polar surface area (TPSA) is 159 Å².